The van der Waals surface area contributed by atoms with Crippen molar-refractivity contribution in [1.82, 2.24) is 0 Å². The van der Waals surface area contributed by atoms with Crippen LogP contribution in [0.4, 0.5) is 0 Å². The van der Waals surface area contributed by atoms with E-state index in [2.05, 4.69) is 37.3 Å². The second-order valence-electron chi connectivity index (χ2n) is 5.94. The van der Waals surface area contributed by atoms with Gasteiger partial charge in [-0.05, 0) is 62.6 Å². The Balaban J connectivity index is 1.95. The molecule has 0 bridgehead atoms. The lowest BCUT2D eigenvalue weighted by atomic mass is 10.1. The highest BCUT2D eigenvalue weighted by Gasteiger charge is 1.94. The van der Waals surface area contributed by atoms with Gasteiger partial charge in [-0.1, -0.05) is 62.6 Å². The Bertz CT molecular complexity index is 431. The monoisotopic (exact) mass is 300 g/mol. The summed E-state index contributed by atoms with van der Waals surface area (Å²) in [6, 6.07) is 7.59. The number of hydrogen-bond acceptors (Lipinski definition) is 1. The van der Waals surface area contributed by atoms with E-state index in [0.717, 1.165) is 19.3 Å². The Morgan fingerprint density at radius 1 is 0.864 bits per heavy atom. The average Bonchev–Trinajstić information content (AvgIpc) is 2.52. The Hall–Kier alpha value is -1.50. The molecule has 0 fully saturated rings. The lowest BCUT2D eigenvalue weighted by Crippen LogP contribution is -1.84. The molecule has 0 aromatic heterocycles. The van der Waals surface area contributed by atoms with Gasteiger partial charge in [0.2, 0.25) is 0 Å². The lowest BCUT2D eigenvalue weighted by Gasteiger charge is -2.00. The lowest BCUT2D eigenvalue weighted by molar-refractivity contribution is 0.474. The first-order chi connectivity index (χ1) is 10.8. The number of rotatable bonds is 12. The van der Waals surface area contributed by atoms with E-state index in [4.69, 9.17) is 0 Å². The van der Waals surface area contributed by atoms with Gasteiger partial charge in [0.1, 0.15) is 5.75 Å². The van der Waals surface area contributed by atoms with Crippen LogP contribution in [0, 0.1) is 0 Å². The first kappa shape index (κ1) is 18.5. The van der Waals surface area contributed by atoms with Crippen LogP contribution in [0.1, 0.15) is 70.3 Å². The highest BCUT2D eigenvalue weighted by atomic mass is 16.3. The quantitative estimate of drug-likeness (QED) is 0.341. The Labute approximate surface area is 136 Å². The number of aryl methyl sites for hydroxylation is 1. The summed E-state index contributed by atoms with van der Waals surface area (Å²) in [6.07, 6.45) is 21.5. The molecule has 122 valence electrons. The average molecular weight is 300 g/mol. The van der Waals surface area contributed by atoms with Gasteiger partial charge < -0.3 is 5.11 Å². The van der Waals surface area contributed by atoms with Gasteiger partial charge in [0.15, 0.2) is 0 Å². The summed E-state index contributed by atoms with van der Waals surface area (Å²) in [5.74, 6) is 0.374. The van der Waals surface area contributed by atoms with Crippen LogP contribution < -0.4 is 0 Å². The van der Waals surface area contributed by atoms with Gasteiger partial charge in [-0.15, -0.1) is 0 Å². The maximum atomic E-state index is 9.40. The summed E-state index contributed by atoms with van der Waals surface area (Å²) >= 11 is 0. The minimum Gasteiger partial charge on any atom is -0.508 e. The smallest absolute Gasteiger partial charge is 0.115 e. The topological polar surface area (TPSA) is 20.2 Å². The zero-order chi connectivity index (χ0) is 15.9. The first-order valence-electron chi connectivity index (χ1n) is 8.91. The van der Waals surface area contributed by atoms with E-state index < -0.39 is 0 Å². The SMILES string of the molecule is CCCCCC/C=C/C/C=C/CCCCc1cccc(O)c1. The maximum Gasteiger partial charge on any atom is 0.115 e. The van der Waals surface area contributed by atoms with Crippen molar-refractivity contribution >= 4 is 0 Å². The second kappa shape index (κ2) is 13.2. The molecule has 1 aromatic carbocycles. The molecule has 0 radical (unpaired) electrons. The summed E-state index contributed by atoms with van der Waals surface area (Å²) in [6.45, 7) is 2.25. The van der Waals surface area contributed by atoms with E-state index >= 15 is 0 Å². The fourth-order valence-corrected chi connectivity index (χ4v) is 2.50. The third-order valence-corrected chi connectivity index (χ3v) is 3.83. The number of hydrogen-bond donors (Lipinski definition) is 1. The Kier molecular flexibility index (Phi) is 11.1. The zero-order valence-corrected chi connectivity index (χ0v) is 14.1. The van der Waals surface area contributed by atoms with Crippen LogP contribution in [0.25, 0.3) is 0 Å². The van der Waals surface area contributed by atoms with Crippen LogP contribution in [0.2, 0.25) is 0 Å². The van der Waals surface area contributed by atoms with Gasteiger partial charge in [-0.25, -0.2) is 0 Å². The van der Waals surface area contributed by atoms with Gasteiger partial charge in [0, 0.05) is 0 Å². The molecule has 1 N–H and O–H groups in total. The number of phenolic OH excluding ortho intramolecular Hbond substituents is 1. The number of phenols is 1. The highest BCUT2D eigenvalue weighted by Crippen LogP contribution is 2.13. The molecule has 1 aromatic rings. The van der Waals surface area contributed by atoms with E-state index in [1.165, 1.54) is 50.5 Å². The second-order valence-corrected chi connectivity index (χ2v) is 5.94. The molecule has 1 rings (SSSR count). The normalized spacial score (nSPS) is 11.7. The molecule has 0 aliphatic heterocycles. The van der Waals surface area contributed by atoms with Crippen LogP contribution in [0.15, 0.2) is 48.6 Å². The molecule has 0 heterocycles. The van der Waals surface area contributed by atoms with Crippen molar-refractivity contribution < 1.29 is 5.11 Å². The summed E-state index contributed by atoms with van der Waals surface area (Å²) < 4.78 is 0. The van der Waals surface area contributed by atoms with E-state index in [0.29, 0.717) is 5.75 Å². The molecule has 1 heteroatoms. The van der Waals surface area contributed by atoms with Crippen molar-refractivity contribution in [2.45, 2.75) is 71.1 Å². The molecule has 0 aliphatic rings. The molecule has 0 aliphatic carbocycles. The van der Waals surface area contributed by atoms with E-state index in [1.807, 2.05) is 12.1 Å². The highest BCUT2D eigenvalue weighted by molar-refractivity contribution is 5.27. The van der Waals surface area contributed by atoms with Crippen LogP contribution >= 0.6 is 0 Å². The van der Waals surface area contributed by atoms with E-state index in [1.54, 1.807) is 6.07 Å². The molecule has 22 heavy (non-hydrogen) atoms. The Morgan fingerprint density at radius 2 is 1.59 bits per heavy atom. The molecule has 0 saturated carbocycles. The van der Waals surface area contributed by atoms with Crippen LogP contribution in [0.5, 0.6) is 5.75 Å². The molecule has 0 amide bonds. The van der Waals surface area contributed by atoms with Crippen LogP contribution in [-0.2, 0) is 6.42 Å². The fourth-order valence-electron chi connectivity index (χ4n) is 2.50. The van der Waals surface area contributed by atoms with Crippen LogP contribution in [0.3, 0.4) is 0 Å². The predicted octanol–water partition coefficient (Wildman–Crippen LogP) is 6.58. The number of benzene rings is 1. The summed E-state index contributed by atoms with van der Waals surface area (Å²) in [5, 5.41) is 9.40. The van der Waals surface area contributed by atoms with Crippen molar-refractivity contribution in [2.75, 3.05) is 0 Å². The summed E-state index contributed by atoms with van der Waals surface area (Å²) in [4.78, 5) is 0. The number of aromatic hydroxyl groups is 1. The number of allylic oxidation sites excluding steroid dienone is 4. The molecule has 0 unspecified atom stereocenters. The molecule has 1 nitrogen and oxygen atoms in total. The summed E-state index contributed by atoms with van der Waals surface area (Å²) in [7, 11) is 0. The first-order valence-corrected chi connectivity index (χ1v) is 8.91. The molecular formula is C21H32O. The third-order valence-electron chi connectivity index (χ3n) is 3.83. The van der Waals surface area contributed by atoms with E-state index in [-0.39, 0.29) is 0 Å². The standard InChI is InChI=1S/C21H32O/c1-2-3-4-5-6-7-8-9-10-11-12-13-14-16-20-17-15-18-21(22)19-20/h7-8,10-11,15,17-19,22H,2-6,9,12-14,16H2,1H3/b8-7+,11-10+. The van der Waals surface area contributed by atoms with Crippen LogP contribution in [-0.4, -0.2) is 5.11 Å². The van der Waals surface area contributed by atoms with Gasteiger partial charge in [-0.2, -0.15) is 0 Å². The third kappa shape index (κ3) is 10.3. The van der Waals surface area contributed by atoms with Gasteiger partial charge in [-0.3, -0.25) is 0 Å². The van der Waals surface area contributed by atoms with Gasteiger partial charge in [0.25, 0.3) is 0 Å². The minimum atomic E-state index is 0.374. The molecule has 0 atom stereocenters. The molecule has 0 saturated heterocycles. The zero-order valence-electron chi connectivity index (χ0n) is 14.1. The maximum absolute atomic E-state index is 9.40. The Morgan fingerprint density at radius 3 is 2.27 bits per heavy atom. The van der Waals surface area contributed by atoms with Crippen molar-refractivity contribution in [3.05, 3.63) is 54.1 Å². The largest absolute Gasteiger partial charge is 0.508 e. The minimum absolute atomic E-state index is 0.374. The van der Waals surface area contributed by atoms with Crippen molar-refractivity contribution in [1.29, 1.82) is 0 Å². The van der Waals surface area contributed by atoms with Crippen molar-refractivity contribution in [3.8, 4) is 5.75 Å². The number of unbranched alkanes of at least 4 members (excludes halogenated alkanes) is 6. The van der Waals surface area contributed by atoms with E-state index in [9.17, 15) is 5.11 Å². The van der Waals surface area contributed by atoms with Crippen molar-refractivity contribution in [2.24, 2.45) is 0 Å². The molecular weight excluding hydrogens is 268 g/mol. The fraction of sp³-hybridized carbons (Fsp3) is 0.524. The van der Waals surface area contributed by atoms with Gasteiger partial charge >= 0.3 is 0 Å². The van der Waals surface area contributed by atoms with Crippen molar-refractivity contribution in [3.63, 3.8) is 0 Å². The van der Waals surface area contributed by atoms with Gasteiger partial charge in [0.05, 0.1) is 0 Å². The molecule has 0 spiro atoms. The predicted molar refractivity (Wildman–Crippen MR) is 97.3 cm³/mol. The summed E-state index contributed by atoms with van der Waals surface area (Å²) in [5.41, 5.74) is 1.23.